The highest BCUT2D eigenvalue weighted by atomic mass is 32.5. The fraction of sp³-hybridized carbons (Fsp3) is 1.00. The summed E-state index contributed by atoms with van der Waals surface area (Å²) in [5.74, 6) is 0.566. The molecule has 1 saturated heterocycles. The number of rotatable bonds is 1. The third kappa shape index (κ3) is 1.59. The van der Waals surface area contributed by atoms with Crippen LogP contribution in [0.15, 0.2) is 0 Å². The van der Waals surface area contributed by atoms with E-state index in [1.165, 1.54) is 12.8 Å². The zero-order chi connectivity index (χ0) is 8.60. The van der Waals surface area contributed by atoms with E-state index in [2.05, 4.69) is 0 Å². The standard InChI is InChI=1S/C7H13O3PS/c1-8-11(12)9-5-6-3-2-4-7(6)10-11/h6-7H,2-5H2,1H3/t6?,7-,11?/m0/s1. The van der Waals surface area contributed by atoms with Crippen LogP contribution in [0.2, 0.25) is 0 Å². The largest absolute Gasteiger partial charge is 0.327 e. The van der Waals surface area contributed by atoms with E-state index in [1.807, 2.05) is 0 Å². The first-order valence-corrected chi connectivity index (χ1v) is 6.78. The lowest BCUT2D eigenvalue weighted by molar-refractivity contribution is 0.0344. The van der Waals surface area contributed by atoms with Gasteiger partial charge in [-0.3, -0.25) is 0 Å². The van der Waals surface area contributed by atoms with E-state index >= 15 is 0 Å². The van der Waals surface area contributed by atoms with Crippen molar-refractivity contribution in [2.24, 2.45) is 5.92 Å². The summed E-state index contributed by atoms with van der Waals surface area (Å²) >= 11 is 5.12. The van der Waals surface area contributed by atoms with Crippen LogP contribution in [-0.4, -0.2) is 19.8 Å². The van der Waals surface area contributed by atoms with Crippen molar-refractivity contribution in [1.29, 1.82) is 0 Å². The highest BCUT2D eigenvalue weighted by Gasteiger charge is 2.39. The SMILES string of the molecule is COP1(=S)OCC2CCC[C@@H]2O1. The van der Waals surface area contributed by atoms with Crippen LogP contribution in [0.4, 0.5) is 0 Å². The molecule has 0 bridgehead atoms. The van der Waals surface area contributed by atoms with E-state index in [1.54, 1.807) is 7.11 Å². The van der Waals surface area contributed by atoms with Gasteiger partial charge in [-0.05, 0) is 24.6 Å². The van der Waals surface area contributed by atoms with Crippen LogP contribution in [0.25, 0.3) is 0 Å². The zero-order valence-corrected chi connectivity index (χ0v) is 8.77. The number of hydrogen-bond donors (Lipinski definition) is 0. The Morgan fingerprint density at radius 2 is 2.33 bits per heavy atom. The van der Waals surface area contributed by atoms with E-state index in [4.69, 9.17) is 25.4 Å². The summed E-state index contributed by atoms with van der Waals surface area (Å²) < 4.78 is 16.1. The molecule has 0 radical (unpaired) electrons. The molecule has 70 valence electrons. The molecule has 1 saturated carbocycles. The van der Waals surface area contributed by atoms with Crippen molar-refractivity contribution >= 4 is 18.5 Å². The van der Waals surface area contributed by atoms with Gasteiger partial charge in [0.15, 0.2) is 0 Å². The minimum atomic E-state index is -2.33. The first kappa shape index (κ1) is 9.10. The Labute approximate surface area is 77.6 Å². The second-order valence-corrected chi connectivity index (χ2v) is 6.33. The molecule has 1 aliphatic heterocycles. The first-order valence-electron chi connectivity index (χ1n) is 4.22. The van der Waals surface area contributed by atoms with Crippen molar-refractivity contribution in [3.05, 3.63) is 0 Å². The summed E-state index contributed by atoms with van der Waals surface area (Å²) in [6.45, 7) is -1.60. The highest BCUT2D eigenvalue weighted by Crippen LogP contribution is 2.56. The normalized spacial score (nSPS) is 47.4. The molecule has 0 aromatic rings. The molecule has 5 heteroatoms. The fourth-order valence-electron chi connectivity index (χ4n) is 1.81. The quantitative estimate of drug-likeness (QED) is 0.616. The molecule has 2 aliphatic rings. The Balaban J connectivity index is 2.05. The zero-order valence-electron chi connectivity index (χ0n) is 7.06. The fourth-order valence-corrected chi connectivity index (χ4v) is 3.56. The van der Waals surface area contributed by atoms with Gasteiger partial charge in [-0.2, -0.15) is 0 Å². The molecular weight excluding hydrogens is 195 g/mol. The second-order valence-electron chi connectivity index (χ2n) is 3.26. The summed E-state index contributed by atoms with van der Waals surface area (Å²) in [6, 6.07) is 0. The molecule has 1 aliphatic carbocycles. The van der Waals surface area contributed by atoms with Crippen LogP contribution in [0.1, 0.15) is 19.3 Å². The maximum atomic E-state index is 5.63. The molecule has 0 spiro atoms. The molecule has 2 unspecified atom stereocenters. The van der Waals surface area contributed by atoms with Crippen LogP contribution in [0, 0.1) is 5.92 Å². The lowest BCUT2D eigenvalue weighted by Gasteiger charge is -2.32. The molecular formula is C7H13O3PS. The third-order valence-corrected chi connectivity index (χ3v) is 4.99. The van der Waals surface area contributed by atoms with Crippen LogP contribution in [0.5, 0.6) is 0 Å². The van der Waals surface area contributed by atoms with Gasteiger partial charge in [0.05, 0.1) is 12.7 Å². The molecule has 0 aromatic heterocycles. The van der Waals surface area contributed by atoms with Gasteiger partial charge in [-0.25, -0.2) is 0 Å². The van der Waals surface area contributed by atoms with Gasteiger partial charge in [0.1, 0.15) is 0 Å². The molecule has 12 heavy (non-hydrogen) atoms. The summed E-state index contributed by atoms with van der Waals surface area (Å²) in [7, 11) is 1.57. The van der Waals surface area contributed by atoms with Gasteiger partial charge < -0.3 is 13.6 Å². The van der Waals surface area contributed by atoms with E-state index in [0.29, 0.717) is 12.0 Å². The van der Waals surface area contributed by atoms with Crippen LogP contribution in [0.3, 0.4) is 0 Å². The highest BCUT2D eigenvalue weighted by molar-refractivity contribution is 8.07. The van der Waals surface area contributed by atoms with Crippen molar-refractivity contribution in [3.63, 3.8) is 0 Å². The average Bonchev–Trinajstić information content (AvgIpc) is 2.51. The lowest BCUT2D eigenvalue weighted by Crippen LogP contribution is -2.27. The number of hydrogen-bond acceptors (Lipinski definition) is 4. The molecule has 0 aromatic carbocycles. The predicted molar refractivity (Wildman–Crippen MR) is 49.5 cm³/mol. The predicted octanol–water partition coefficient (Wildman–Crippen LogP) is 2.07. The monoisotopic (exact) mass is 208 g/mol. The Hall–Kier alpha value is 0.530. The maximum Gasteiger partial charge on any atom is 0.327 e. The van der Waals surface area contributed by atoms with Crippen molar-refractivity contribution in [2.75, 3.05) is 13.7 Å². The van der Waals surface area contributed by atoms with Gasteiger partial charge in [0.2, 0.25) is 0 Å². The molecule has 1 heterocycles. The van der Waals surface area contributed by atoms with Crippen LogP contribution < -0.4 is 0 Å². The van der Waals surface area contributed by atoms with E-state index in [0.717, 1.165) is 13.0 Å². The van der Waals surface area contributed by atoms with Gasteiger partial charge in [-0.15, -0.1) is 0 Å². The average molecular weight is 208 g/mol. The van der Waals surface area contributed by atoms with Crippen molar-refractivity contribution in [2.45, 2.75) is 25.4 Å². The molecule has 0 amide bonds. The van der Waals surface area contributed by atoms with Gasteiger partial charge in [0, 0.05) is 13.0 Å². The second kappa shape index (κ2) is 3.35. The molecule has 0 N–H and O–H groups in total. The van der Waals surface area contributed by atoms with Crippen LogP contribution in [-0.2, 0) is 25.4 Å². The lowest BCUT2D eigenvalue weighted by atomic mass is 10.1. The summed E-state index contributed by atoms with van der Waals surface area (Å²) in [4.78, 5) is 0. The molecule has 2 rings (SSSR count). The minimum absolute atomic E-state index is 0.310. The van der Waals surface area contributed by atoms with Crippen molar-refractivity contribution < 1.29 is 13.6 Å². The van der Waals surface area contributed by atoms with E-state index in [9.17, 15) is 0 Å². The Morgan fingerprint density at radius 3 is 3.08 bits per heavy atom. The van der Waals surface area contributed by atoms with Gasteiger partial charge in [-0.1, -0.05) is 6.42 Å². The molecule has 3 atom stereocenters. The topological polar surface area (TPSA) is 27.7 Å². The minimum Gasteiger partial charge on any atom is -0.312 e. The van der Waals surface area contributed by atoms with E-state index < -0.39 is 6.72 Å². The Morgan fingerprint density at radius 1 is 1.50 bits per heavy atom. The molecule has 3 nitrogen and oxygen atoms in total. The summed E-state index contributed by atoms with van der Waals surface area (Å²) in [5.41, 5.74) is 0. The Bertz CT molecular complexity index is 221. The first-order chi connectivity index (χ1) is 5.73. The van der Waals surface area contributed by atoms with Crippen molar-refractivity contribution in [1.82, 2.24) is 0 Å². The van der Waals surface area contributed by atoms with Gasteiger partial charge >= 0.3 is 6.72 Å². The van der Waals surface area contributed by atoms with Crippen LogP contribution >= 0.6 is 6.72 Å². The third-order valence-electron chi connectivity index (χ3n) is 2.52. The van der Waals surface area contributed by atoms with Crippen molar-refractivity contribution in [3.8, 4) is 0 Å². The number of fused-ring (bicyclic) bond motifs is 1. The van der Waals surface area contributed by atoms with E-state index in [-0.39, 0.29) is 0 Å². The Kier molecular flexibility index (Phi) is 2.54. The maximum absolute atomic E-state index is 5.63. The molecule has 2 fully saturated rings. The smallest absolute Gasteiger partial charge is 0.312 e. The summed E-state index contributed by atoms with van der Waals surface area (Å²) in [5, 5.41) is 0. The summed E-state index contributed by atoms with van der Waals surface area (Å²) in [6.07, 6.45) is 3.88. The van der Waals surface area contributed by atoms with Gasteiger partial charge in [0.25, 0.3) is 0 Å².